The van der Waals surface area contributed by atoms with Crippen LogP contribution in [-0.2, 0) is 0 Å². The summed E-state index contributed by atoms with van der Waals surface area (Å²) in [5.41, 5.74) is 4.39. The smallest absolute Gasteiger partial charge is 0.289 e. The molecule has 0 bridgehead atoms. The van der Waals surface area contributed by atoms with Gasteiger partial charge in [-0.15, -0.1) is 0 Å². The van der Waals surface area contributed by atoms with E-state index in [0.29, 0.717) is 0 Å². The van der Waals surface area contributed by atoms with Crippen LogP contribution in [0.1, 0.15) is 10.5 Å². The van der Waals surface area contributed by atoms with Gasteiger partial charge in [0.1, 0.15) is 0 Å². The number of rotatable bonds is 4. The lowest BCUT2D eigenvalue weighted by atomic mass is 10.4. The number of halogens is 2. The Morgan fingerprint density at radius 1 is 1.62 bits per heavy atom. The third-order valence-electron chi connectivity index (χ3n) is 1.04. The van der Waals surface area contributed by atoms with E-state index in [4.69, 9.17) is 5.73 Å². The Bertz CT molecular complexity index is 301. The molecule has 6 nitrogen and oxygen atoms in total. The molecule has 8 heteroatoms. The first-order valence-corrected chi connectivity index (χ1v) is 3.14. The van der Waals surface area contributed by atoms with Crippen molar-refractivity contribution in [1.29, 1.82) is 0 Å². The van der Waals surface area contributed by atoms with Gasteiger partial charge in [0.2, 0.25) is 5.69 Å². The van der Waals surface area contributed by atoms with Crippen LogP contribution in [0.2, 0.25) is 0 Å². The molecule has 0 aliphatic carbocycles. The molecule has 2 N–H and O–H groups in total. The molecule has 1 rings (SSSR count). The lowest BCUT2D eigenvalue weighted by Gasteiger charge is -1.99. The SMILES string of the molecule is NC(=O)c1nonc1OCC(F)F. The Morgan fingerprint density at radius 3 is 2.85 bits per heavy atom. The van der Waals surface area contributed by atoms with Crippen molar-refractivity contribution in [3.63, 3.8) is 0 Å². The number of ether oxygens (including phenoxy) is 1. The van der Waals surface area contributed by atoms with E-state index in [1.807, 2.05) is 0 Å². The van der Waals surface area contributed by atoms with Crippen molar-refractivity contribution in [2.24, 2.45) is 5.73 Å². The van der Waals surface area contributed by atoms with Crippen LogP contribution in [0.3, 0.4) is 0 Å². The molecule has 13 heavy (non-hydrogen) atoms. The molecule has 0 saturated carbocycles. The minimum atomic E-state index is -2.67. The number of alkyl halides is 2. The minimum absolute atomic E-state index is 0.402. The lowest BCUT2D eigenvalue weighted by Crippen LogP contribution is -2.15. The number of nitrogens with zero attached hydrogens (tertiary/aromatic N) is 2. The van der Waals surface area contributed by atoms with Crippen LogP contribution in [-0.4, -0.2) is 29.3 Å². The van der Waals surface area contributed by atoms with E-state index in [2.05, 4.69) is 19.7 Å². The fourth-order valence-corrected chi connectivity index (χ4v) is 0.568. The number of nitrogens with two attached hydrogens (primary N) is 1. The second-order valence-electron chi connectivity index (χ2n) is 1.98. The molecule has 0 saturated heterocycles. The number of hydrogen-bond acceptors (Lipinski definition) is 5. The first kappa shape index (κ1) is 9.36. The Balaban J connectivity index is 2.65. The van der Waals surface area contributed by atoms with Gasteiger partial charge in [-0.25, -0.2) is 13.4 Å². The van der Waals surface area contributed by atoms with E-state index in [0.717, 1.165) is 0 Å². The van der Waals surface area contributed by atoms with Crippen LogP contribution in [0.15, 0.2) is 4.63 Å². The zero-order chi connectivity index (χ0) is 9.84. The van der Waals surface area contributed by atoms with Gasteiger partial charge in [0.25, 0.3) is 18.2 Å². The summed E-state index contributed by atoms with van der Waals surface area (Å²) >= 11 is 0. The summed E-state index contributed by atoms with van der Waals surface area (Å²) in [6.07, 6.45) is -2.67. The number of aromatic nitrogens is 2. The fourth-order valence-electron chi connectivity index (χ4n) is 0.568. The Hall–Kier alpha value is -1.73. The van der Waals surface area contributed by atoms with Gasteiger partial charge in [0.05, 0.1) is 0 Å². The van der Waals surface area contributed by atoms with Crippen LogP contribution in [0.25, 0.3) is 0 Å². The molecule has 0 aliphatic heterocycles. The maximum atomic E-state index is 11.6. The highest BCUT2D eigenvalue weighted by atomic mass is 19.3. The Labute approximate surface area is 70.6 Å². The lowest BCUT2D eigenvalue weighted by molar-refractivity contribution is 0.0762. The van der Waals surface area contributed by atoms with Crippen LogP contribution in [0, 0.1) is 0 Å². The average Bonchev–Trinajstić information content (AvgIpc) is 2.47. The van der Waals surface area contributed by atoms with Gasteiger partial charge in [-0.3, -0.25) is 4.79 Å². The van der Waals surface area contributed by atoms with Crippen LogP contribution >= 0.6 is 0 Å². The van der Waals surface area contributed by atoms with Crippen LogP contribution < -0.4 is 10.5 Å². The van der Waals surface area contributed by atoms with E-state index >= 15 is 0 Å². The van der Waals surface area contributed by atoms with Gasteiger partial charge >= 0.3 is 0 Å². The van der Waals surface area contributed by atoms with E-state index in [9.17, 15) is 13.6 Å². The molecule has 1 aromatic heterocycles. The van der Waals surface area contributed by atoms with Crippen molar-refractivity contribution in [3.05, 3.63) is 5.69 Å². The predicted octanol–water partition coefficient (Wildman–Crippen LogP) is -0.188. The predicted molar refractivity (Wildman–Crippen MR) is 34.3 cm³/mol. The standard InChI is InChI=1S/C5H5F2N3O3/c6-2(7)1-12-5-3(4(8)11)9-13-10-5/h2H,1H2,(H2,8,11). The van der Waals surface area contributed by atoms with Crippen LogP contribution in [0.4, 0.5) is 8.78 Å². The Kier molecular flexibility index (Phi) is 2.72. The highest BCUT2D eigenvalue weighted by Crippen LogP contribution is 2.12. The van der Waals surface area contributed by atoms with Crippen molar-refractivity contribution in [3.8, 4) is 5.88 Å². The van der Waals surface area contributed by atoms with Gasteiger partial charge in [-0.2, -0.15) is 0 Å². The second-order valence-corrected chi connectivity index (χ2v) is 1.98. The average molecular weight is 193 g/mol. The molecule has 1 heterocycles. The first-order chi connectivity index (χ1) is 6.11. The van der Waals surface area contributed by atoms with E-state index in [1.54, 1.807) is 0 Å². The molecule has 72 valence electrons. The molecule has 0 aromatic carbocycles. The normalized spacial score (nSPS) is 10.4. The summed E-state index contributed by atoms with van der Waals surface area (Å²) < 4.78 is 31.7. The van der Waals surface area contributed by atoms with Gasteiger partial charge in [0.15, 0.2) is 6.61 Å². The maximum Gasteiger partial charge on any atom is 0.289 e. The van der Waals surface area contributed by atoms with E-state index in [1.165, 1.54) is 0 Å². The number of primary amides is 1. The molecule has 1 amide bonds. The van der Waals surface area contributed by atoms with Gasteiger partial charge in [0, 0.05) is 0 Å². The molecule has 0 aliphatic rings. The number of carbonyl (C=O) groups excluding carboxylic acids is 1. The first-order valence-electron chi connectivity index (χ1n) is 3.14. The minimum Gasteiger partial charge on any atom is -0.468 e. The fraction of sp³-hybridized carbons (Fsp3) is 0.400. The third-order valence-corrected chi connectivity index (χ3v) is 1.04. The molecule has 0 atom stereocenters. The molecule has 0 spiro atoms. The molecule has 0 fully saturated rings. The van der Waals surface area contributed by atoms with E-state index < -0.39 is 30.5 Å². The van der Waals surface area contributed by atoms with Crippen molar-refractivity contribution < 1.29 is 22.9 Å². The molecule has 0 radical (unpaired) electrons. The van der Waals surface area contributed by atoms with Crippen molar-refractivity contribution in [2.45, 2.75) is 6.43 Å². The topological polar surface area (TPSA) is 91.2 Å². The molecular formula is C5H5F2N3O3. The monoisotopic (exact) mass is 193 g/mol. The highest BCUT2D eigenvalue weighted by Gasteiger charge is 2.18. The van der Waals surface area contributed by atoms with Crippen molar-refractivity contribution in [1.82, 2.24) is 10.3 Å². The highest BCUT2D eigenvalue weighted by molar-refractivity contribution is 5.92. The Morgan fingerprint density at radius 2 is 2.31 bits per heavy atom. The van der Waals surface area contributed by atoms with Gasteiger partial charge in [-0.1, -0.05) is 0 Å². The van der Waals surface area contributed by atoms with Gasteiger partial charge in [-0.05, 0) is 10.3 Å². The third kappa shape index (κ3) is 2.36. The quantitative estimate of drug-likeness (QED) is 0.715. The molecular weight excluding hydrogens is 188 g/mol. The van der Waals surface area contributed by atoms with Gasteiger partial charge < -0.3 is 10.5 Å². The zero-order valence-electron chi connectivity index (χ0n) is 6.24. The summed E-state index contributed by atoms with van der Waals surface area (Å²) in [5, 5.41) is 6.13. The summed E-state index contributed by atoms with van der Waals surface area (Å²) in [5.74, 6) is -1.38. The zero-order valence-corrected chi connectivity index (χ0v) is 6.24. The maximum absolute atomic E-state index is 11.6. The number of carbonyl (C=O) groups is 1. The molecule has 0 unspecified atom stereocenters. The second kappa shape index (κ2) is 3.78. The van der Waals surface area contributed by atoms with Crippen molar-refractivity contribution in [2.75, 3.05) is 6.61 Å². The molecule has 1 aromatic rings. The summed E-state index contributed by atoms with van der Waals surface area (Å²) in [4.78, 5) is 10.5. The number of hydrogen-bond donors (Lipinski definition) is 1. The van der Waals surface area contributed by atoms with E-state index in [-0.39, 0.29) is 0 Å². The summed E-state index contributed by atoms with van der Waals surface area (Å²) in [7, 11) is 0. The van der Waals surface area contributed by atoms with Crippen molar-refractivity contribution >= 4 is 5.91 Å². The number of amides is 1. The largest absolute Gasteiger partial charge is 0.468 e. The van der Waals surface area contributed by atoms with Crippen LogP contribution in [0.5, 0.6) is 5.88 Å². The summed E-state index contributed by atoms with van der Waals surface area (Å²) in [6.45, 7) is -0.894. The summed E-state index contributed by atoms with van der Waals surface area (Å²) in [6, 6.07) is 0.